The van der Waals surface area contributed by atoms with E-state index in [1.165, 1.54) is 34.4 Å². The molecule has 0 radical (unpaired) electrons. The lowest BCUT2D eigenvalue weighted by atomic mass is 10.2. The zero-order chi connectivity index (χ0) is 26.7. The average molecular weight is 536 g/mol. The molecular formula is C24H24ClF2N5O5. The molecule has 4 rings (SSSR count). The molecule has 196 valence electrons. The summed E-state index contributed by atoms with van der Waals surface area (Å²) in [6, 6.07) is 12.6. The highest BCUT2D eigenvalue weighted by Gasteiger charge is 2.27. The highest BCUT2D eigenvalue weighted by molar-refractivity contribution is 6.30. The molecule has 0 atom stereocenters. The smallest absolute Gasteiger partial charge is 0.395 e. The molecule has 0 spiro atoms. The number of halogens is 3. The van der Waals surface area contributed by atoms with Crippen molar-refractivity contribution < 1.29 is 23.1 Å². The standard InChI is InChI=1S/C24H24ClF2N5O5/c1-24(26,27)37-18-7-4-3-6-17(18)36-22-29-20-19(32(22)14-15-8-10-16(25)11-9-15)21(33)31(12-5-13-35-28)23(34)30(20)2/h3-4,6-11H,5,12-14,28H2,1-2H3. The minimum Gasteiger partial charge on any atom is -0.429 e. The number of para-hydroxylation sites is 2. The fourth-order valence-electron chi connectivity index (χ4n) is 3.76. The van der Waals surface area contributed by atoms with Crippen molar-refractivity contribution in [1.82, 2.24) is 18.7 Å². The zero-order valence-corrected chi connectivity index (χ0v) is 20.7. The van der Waals surface area contributed by atoms with Gasteiger partial charge < -0.3 is 14.3 Å². The van der Waals surface area contributed by atoms with E-state index in [0.717, 1.165) is 10.1 Å². The van der Waals surface area contributed by atoms with Crippen LogP contribution in [0.15, 0.2) is 58.1 Å². The summed E-state index contributed by atoms with van der Waals surface area (Å²) in [5.41, 5.74) is -0.304. The van der Waals surface area contributed by atoms with Crippen LogP contribution in [0.5, 0.6) is 17.5 Å². The topological polar surface area (TPSA) is 116 Å². The van der Waals surface area contributed by atoms with Gasteiger partial charge in [0.05, 0.1) is 13.2 Å². The molecule has 37 heavy (non-hydrogen) atoms. The number of alkyl halides is 2. The Kier molecular flexibility index (Phi) is 7.62. The molecule has 0 unspecified atom stereocenters. The normalized spacial score (nSPS) is 11.7. The molecule has 10 nitrogen and oxygen atoms in total. The van der Waals surface area contributed by atoms with Crippen LogP contribution < -0.4 is 26.6 Å². The van der Waals surface area contributed by atoms with Crippen LogP contribution in [0.2, 0.25) is 5.02 Å². The first-order valence-electron chi connectivity index (χ1n) is 11.2. The molecule has 2 N–H and O–H groups in total. The van der Waals surface area contributed by atoms with E-state index in [2.05, 4.69) is 9.82 Å². The minimum absolute atomic E-state index is 0.0536. The number of rotatable bonds is 10. The minimum atomic E-state index is -3.46. The molecule has 13 heteroatoms. The lowest BCUT2D eigenvalue weighted by Gasteiger charge is -2.16. The van der Waals surface area contributed by atoms with E-state index in [4.69, 9.17) is 27.0 Å². The Balaban J connectivity index is 1.90. The molecule has 0 fully saturated rings. The monoisotopic (exact) mass is 535 g/mol. The quantitative estimate of drug-likeness (QED) is 0.243. The van der Waals surface area contributed by atoms with E-state index in [1.54, 1.807) is 30.3 Å². The van der Waals surface area contributed by atoms with E-state index in [1.807, 2.05) is 0 Å². The average Bonchev–Trinajstić information content (AvgIpc) is 3.19. The van der Waals surface area contributed by atoms with Crippen molar-refractivity contribution in [2.75, 3.05) is 6.61 Å². The van der Waals surface area contributed by atoms with E-state index in [-0.39, 0.29) is 48.4 Å². The molecule has 4 aromatic rings. The second kappa shape index (κ2) is 10.7. The second-order valence-corrected chi connectivity index (χ2v) is 8.70. The van der Waals surface area contributed by atoms with E-state index in [0.29, 0.717) is 18.4 Å². The van der Waals surface area contributed by atoms with Gasteiger partial charge in [-0.1, -0.05) is 35.9 Å². The van der Waals surface area contributed by atoms with Gasteiger partial charge in [0.15, 0.2) is 22.7 Å². The summed E-state index contributed by atoms with van der Waals surface area (Å²) >= 11 is 6.01. The van der Waals surface area contributed by atoms with Gasteiger partial charge in [-0.15, -0.1) is 0 Å². The molecule has 0 aliphatic carbocycles. The van der Waals surface area contributed by atoms with Gasteiger partial charge in [-0.25, -0.2) is 10.7 Å². The predicted octanol–water partition coefficient (Wildman–Crippen LogP) is 3.66. The highest BCUT2D eigenvalue weighted by atomic mass is 35.5. The fourth-order valence-corrected chi connectivity index (χ4v) is 3.89. The van der Waals surface area contributed by atoms with Gasteiger partial charge in [0.25, 0.3) is 5.56 Å². The van der Waals surface area contributed by atoms with Gasteiger partial charge in [0.2, 0.25) is 0 Å². The van der Waals surface area contributed by atoms with Gasteiger partial charge >= 0.3 is 17.8 Å². The number of ether oxygens (including phenoxy) is 2. The van der Waals surface area contributed by atoms with Gasteiger partial charge in [-0.2, -0.15) is 13.8 Å². The predicted molar refractivity (Wildman–Crippen MR) is 132 cm³/mol. The van der Waals surface area contributed by atoms with Gasteiger partial charge in [-0.3, -0.25) is 18.5 Å². The lowest BCUT2D eigenvalue weighted by Crippen LogP contribution is -2.40. The summed E-state index contributed by atoms with van der Waals surface area (Å²) < 4.78 is 41.6. The highest BCUT2D eigenvalue weighted by Crippen LogP contribution is 2.35. The Hall–Kier alpha value is -3.74. The van der Waals surface area contributed by atoms with E-state index in [9.17, 15) is 18.4 Å². The zero-order valence-electron chi connectivity index (χ0n) is 20.0. The SMILES string of the molecule is Cn1c(=O)n(CCCON)c(=O)c2c1nc(Oc1ccccc1OC(C)(F)F)n2Cc1ccc(Cl)cc1. The summed E-state index contributed by atoms with van der Waals surface area (Å²) in [4.78, 5) is 35.4. The van der Waals surface area contributed by atoms with Crippen molar-refractivity contribution >= 4 is 22.8 Å². The van der Waals surface area contributed by atoms with Crippen LogP contribution in [0.4, 0.5) is 8.78 Å². The fraction of sp³-hybridized carbons (Fsp3) is 0.292. The number of hydrogen-bond donors (Lipinski definition) is 1. The van der Waals surface area contributed by atoms with Crippen molar-refractivity contribution in [1.29, 1.82) is 0 Å². The maximum atomic E-state index is 13.6. The number of benzene rings is 2. The Morgan fingerprint density at radius 1 is 1.05 bits per heavy atom. The van der Waals surface area contributed by atoms with Crippen molar-refractivity contribution in [3.05, 3.63) is 80.0 Å². The molecule has 0 bridgehead atoms. The van der Waals surface area contributed by atoms with Crippen LogP contribution in [0.3, 0.4) is 0 Å². The molecule has 2 aromatic carbocycles. The first-order chi connectivity index (χ1) is 17.6. The third-order valence-electron chi connectivity index (χ3n) is 5.43. The lowest BCUT2D eigenvalue weighted by molar-refractivity contribution is -0.159. The first kappa shape index (κ1) is 26.3. The van der Waals surface area contributed by atoms with Crippen LogP contribution in [-0.2, 0) is 25.0 Å². The maximum absolute atomic E-state index is 13.6. The van der Waals surface area contributed by atoms with E-state index < -0.39 is 17.4 Å². The number of aromatic nitrogens is 4. The van der Waals surface area contributed by atoms with Crippen LogP contribution in [0.25, 0.3) is 11.2 Å². The van der Waals surface area contributed by atoms with Gasteiger partial charge in [-0.05, 0) is 36.2 Å². The third kappa shape index (κ3) is 5.82. The van der Waals surface area contributed by atoms with Crippen molar-refractivity contribution in [2.24, 2.45) is 12.9 Å². The Morgan fingerprint density at radius 3 is 2.38 bits per heavy atom. The Bertz CT molecular complexity index is 1530. The van der Waals surface area contributed by atoms with Crippen LogP contribution in [0, 0.1) is 0 Å². The van der Waals surface area contributed by atoms with Crippen LogP contribution in [0.1, 0.15) is 18.9 Å². The molecule has 0 amide bonds. The van der Waals surface area contributed by atoms with Crippen molar-refractivity contribution in [3.8, 4) is 17.5 Å². The summed E-state index contributed by atoms with van der Waals surface area (Å²) in [6.07, 6.45) is -3.14. The molecule has 0 aliphatic rings. The van der Waals surface area contributed by atoms with Crippen molar-refractivity contribution in [2.45, 2.75) is 32.5 Å². The molecule has 0 aliphatic heterocycles. The summed E-state index contributed by atoms with van der Waals surface area (Å²) in [7, 11) is 1.47. The number of imidazole rings is 1. The van der Waals surface area contributed by atoms with Gasteiger partial charge in [0, 0.05) is 25.5 Å². The third-order valence-corrected chi connectivity index (χ3v) is 5.69. The number of fused-ring (bicyclic) bond motifs is 1. The maximum Gasteiger partial charge on any atom is 0.395 e. The summed E-state index contributed by atoms with van der Waals surface area (Å²) in [5.74, 6) is 4.79. The molecule has 2 heterocycles. The summed E-state index contributed by atoms with van der Waals surface area (Å²) in [5, 5.41) is 0.522. The first-order valence-corrected chi connectivity index (χ1v) is 11.6. The summed E-state index contributed by atoms with van der Waals surface area (Å²) in [6.45, 7) is 0.914. The van der Waals surface area contributed by atoms with Crippen molar-refractivity contribution in [3.63, 3.8) is 0 Å². The molecular weight excluding hydrogens is 512 g/mol. The second-order valence-electron chi connectivity index (χ2n) is 8.26. The Labute approximate surface area is 214 Å². The van der Waals surface area contributed by atoms with Crippen LogP contribution in [-0.4, -0.2) is 31.4 Å². The number of nitrogens with zero attached hydrogens (tertiary/aromatic N) is 4. The molecule has 0 saturated carbocycles. The van der Waals surface area contributed by atoms with Gasteiger partial charge in [0.1, 0.15) is 0 Å². The number of nitrogens with two attached hydrogens (primary N) is 1. The van der Waals surface area contributed by atoms with Crippen LogP contribution >= 0.6 is 11.6 Å². The van der Waals surface area contributed by atoms with E-state index >= 15 is 0 Å². The Morgan fingerprint density at radius 2 is 1.73 bits per heavy atom. The largest absolute Gasteiger partial charge is 0.429 e. The number of aryl methyl sites for hydroxylation is 1. The number of hydrogen-bond acceptors (Lipinski definition) is 7. The molecule has 2 aromatic heterocycles. The molecule has 0 saturated heterocycles.